The van der Waals surface area contributed by atoms with Gasteiger partial charge in [0.15, 0.2) is 0 Å². The van der Waals surface area contributed by atoms with E-state index in [2.05, 4.69) is 5.32 Å². The highest BCUT2D eigenvalue weighted by Crippen LogP contribution is 2.46. The standard InChI is InChI=1S/C21H24N2O3S/c1-13(2)20(25)22-16-8-6-5-7-15(16)21-23(19(24)12-27-21)17-11-14(3)9-10-18(17)26-4/h5-11,13,21H,12H2,1-4H3,(H,22,25). The van der Waals surface area contributed by atoms with E-state index in [4.69, 9.17) is 4.74 Å². The quantitative estimate of drug-likeness (QED) is 0.831. The minimum Gasteiger partial charge on any atom is -0.495 e. The van der Waals surface area contributed by atoms with E-state index in [9.17, 15) is 9.59 Å². The van der Waals surface area contributed by atoms with Crippen LogP contribution in [0.2, 0.25) is 0 Å². The largest absolute Gasteiger partial charge is 0.495 e. The molecule has 1 atom stereocenters. The third-order valence-corrected chi connectivity index (χ3v) is 5.66. The molecule has 2 aromatic carbocycles. The van der Waals surface area contributed by atoms with Gasteiger partial charge in [0, 0.05) is 17.2 Å². The molecule has 2 amide bonds. The number of carbonyl (C=O) groups excluding carboxylic acids is 2. The van der Waals surface area contributed by atoms with Gasteiger partial charge in [-0.05, 0) is 30.7 Å². The van der Waals surface area contributed by atoms with E-state index < -0.39 is 0 Å². The summed E-state index contributed by atoms with van der Waals surface area (Å²) in [6.45, 7) is 5.70. The number of benzene rings is 2. The van der Waals surface area contributed by atoms with E-state index in [0.717, 1.165) is 22.5 Å². The number of amides is 2. The molecule has 142 valence electrons. The van der Waals surface area contributed by atoms with Crippen LogP contribution in [0.25, 0.3) is 0 Å². The molecule has 0 spiro atoms. The first-order chi connectivity index (χ1) is 12.9. The minimum absolute atomic E-state index is 0.0267. The lowest BCUT2D eigenvalue weighted by atomic mass is 10.1. The smallest absolute Gasteiger partial charge is 0.238 e. The van der Waals surface area contributed by atoms with Crippen molar-refractivity contribution in [3.63, 3.8) is 0 Å². The van der Waals surface area contributed by atoms with Gasteiger partial charge in [-0.15, -0.1) is 11.8 Å². The van der Waals surface area contributed by atoms with Crippen LogP contribution in [0.4, 0.5) is 11.4 Å². The van der Waals surface area contributed by atoms with E-state index in [1.54, 1.807) is 23.8 Å². The van der Waals surface area contributed by atoms with Gasteiger partial charge < -0.3 is 10.1 Å². The molecular weight excluding hydrogens is 360 g/mol. The molecule has 0 bridgehead atoms. The number of para-hydroxylation sites is 1. The fourth-order valence-corrected chi connectivity index (χ4v) is 4.21. The molecule has 1 aliphatic rings. The second kappa shape index (κ2) is 8.05. The Bertz CT molecular complexity index is 866. The van der Waals surface area contributed by atoms with Crippen LogP contribution in [0.5, 0.6) is 5.75 Å². The highest BCUT2D eigenvalue weighted by molar-refractivity contribution is 8.00. The van der Waals surface area contributed by atoms with Gasteiger partial charge in [-0.3, -0.25) is 14.5 Å². The Morgan fingerprint density at radius 3 is 2.70 bits per heavy atom. The summed E-state index contributed by atoms with van der Waals surface area (Å²) in [5.41, 5.74) is 3.45. The molecule has 1 unspecified atom stereocenters. The summed E-state index contributed by atoms with van der Waals surface area (Å²) in [6.07, 6.45) is 0. The Balaban J connectivity index is 2.03. The van der Waals surface area contributed by atoms with Gasteiger partial charge in [-0.1, -0.05) is 38.1 Å². The predicted octanol–water partition coefficient (Wildman–Crippen LogP) is 4.38. The molecule has 0 aliphatic carbocycles. The molecule has 1 heterocycles. The van der Waals surface area contributed by atoms with Crippen molar-refractivity contribution in [1.82, 2.24) is 0 Å². The molecule has 6 heteroatoms. The number of methoxy groups -OCH3 is 1. The summed E-state index contributed by atoms with van der Waals surface area (Å²) >= 11 is 1.55. The fourth-order valence-electron chi connectivity index (χ4n) is 3.01. The number of nitrogens with zero attached hydrogens (tertiary/aromatic N) is 1. The van der Waals surface area contributed by atoms with Gasteiger partial charge in [0.2, 0.25) is 11.8 Å². The van der Waals surface area contributed by atoms with Crippen molar-refractivity contribution in [2.75, 3.05) is 23.1 Å². The molecule has 1 N–H and O–H groups in total. The molecule has 1 saturated heterocycles. The summed E-state index contributed by atoms with van der Waals surface area (Å²) in [6, 6.07) is 13.5. The van der Waals surface area contributed by atoms with Crippen LogP contribution in [0.1, 0.15) is 30.3 Å². The van der Waals surface area contributed by atoms with Gasteiger partial charge in [-0.2, -0.15) is 0 Å². The van der Waals surface area contributed by atoms with E-state index >= 15 is 0 Å². The Labute approximate surface area is 164 Å². The maximum Gasteiger partial charge on any atom is 0.238 e. The van der Waals surface area contributed by atoms with E-state index in [1.165, 1.54) is 0 Å². The summed E-state index contributed by atoms with van der Waals surface area (Å²) in [4.78, 5) is 26.7. The van der Waals surface area contributed by atoms with Crippen LogP contribution in [-0.2, 0) is 9.59 Å². The molecular formula is C21H24N2O3S. The Morgan fingerprint density at radius 1 is 1.26 bits per heavy atom. The second-order valence-electron chi connectivity index (χ2n) is 6.83. The van der Waals surface area contributed by atoms with Crippen LogP contribution in [0.15, 0.2) is 42.5 Å². The first-order valence-electron chi connectivity index (χ1n) is 8.90. The molecule has 1 fully saturated rings. The van der Waals surface area contributed by atoms with Gasteiger partial charge in [0.25, 0.3) is 0 Å². The van der Waals surface area contributed by atoms with E-state index in [-0.39, 0.29) is 23.1 Å². The second-order valence-corrected chi connectivity index (χ2v) is 7.90. The zero-order valence-corrected chi connectivity index (χ0v) is 16.8. The Morgan fingerprint density at radius 2 is 2.00 bits per heavy atom. The van der Waals surface area contributed by atoms with Crippen molar-refractivity contribution in [1.29, 1.82) is 0 Å². The molecule has 0 radical (unpaired) electrons. The summed E-state index contributed by atoms with van der Waals surface area (Å²) < 4.78 is 5.50. The lowest BCUT2D eigenvalue weighted by Gasteiger charge is -2.27. The van der Waals surface area contributed by atoms with Gasteiger partial charge in [0.05, 0.1) is 18.6 Å². The van der Waals surface area contributed by atoms with E-state index in [1.807, 2.05) is 63.2 Å². The van der Waals surface area contributed by atoms with Crippen molar-refractivity contribution >= 4 is 35.0 Å². The average molecular weight is 385 g/mol. The summed E-state index contributed by atoms with van der Waals surface area (Å²) in [7, 11) is 1.60. The molecule has 2 aromatic rings. The van der Waals surface area contributed by atoms with Gasteiger partial charge in [0.1, 0.15) is 11.1 Å². The number of hydrogen-bond acceptors (Lipinski definition) is 4. The summed E-state index contributed by atoms with van der Waals surface area (Å²) in [5.74, 6) is 0.901. The van der Waals surface area contributed by atoms with Crippen molar-refractivity contribution in [2.45, 2.75) is 26.1 Å². The van der Waals surface area contributed by atoms with Crippen LogP contribution in [-0.4, -0.2) is 24.7 Å². The SMILES string of the molecule is COc1ccc(C)cc1N1C(=O)CSC1c1ccccc1NC(=O)C(C)C. The topological polar surface area (TPSA) is 58.6 Å². The Hall–Kier alpha value is -2.47. The number of ether oxygens (including phenoxy) is 1. The molecule has 5 nitrogen and oxygen atoms in total. The van der Waals surface area contributed by atoms with E-state index in [0.29, 0.717) is 11.5 Å². The highest BCUT2D eigenvalue weighted by Gasteiger charge is 2.37. The number of carbonyl (C=O) groups is 2. The zero-order valence-electron chi connectivity index (χ0n) is 16.0. The number of anilines is 2. The first kappa shape index (κ1) is 19.3. The van der Waals surface area contributed by atoms with Crippen LogP contribution in [0, 0.1) is 12.8 Å². The number of aryl methyl sites for hydroxylation is 1. The minimum atomic E-state index is -0.225. The fraction of sp³-hybridized carbons (Fsp3) is 0.333. The highest BCUT2D eigenvalue weighted by atomic mass is 32.2. The predicted molar refractivity (Wildman–Crippen MR) is 110 cm³/mol. The maximum absolute atomic E-state index is 12.7. The van der Waals surface area contributed by atoms with Crippen molar-refractivity contribution in [2.24, 2.45) is 5.92 Å². The third-order valence-electron chi connectivity index (χ3n) is 4.47. The first-order valence-corrected chi connectivity index (χ1v) is 9.95. The normalized spacial score (nSPS) is 16.7. The molecule has 0 saturated carbocycles. The molecule has 27 heavy (non-hydrogen) atoms. The number of rotatable bonds is 5. The van der Waals surface area contributed by atoms with Crippen LogP contribution < -0.4 is 15.0 Å². The van der Waals surface area contributed by atoms with Crippen molar-refractivity contribution in [3.05, 3.63) is 53.6 Å². The zero-order chi connectivity index (χ0) is 19.6. The van der Waals surface area contributed by atoms with Crippen LogP contribution in [0.3, 0.4) is 0 Å². The molecule has 0 aromatic heterocycles. The average Bonchev–Trinajstić information content (AvgIpc) is 3.03. The van der Waals surface area contributed by atoms with Gasteiger partial charge in [-0.25, -0.2) is 0 Å². The number of hydrogen-bond donors (Lipinski definition) is 1. The number of thioether (sulfide) groups is 1. The van der Waals surface area contributed by atoms with Gasteiger partial charge >= 0.3 is 0 Å². The van der Waals surface area contributed by atoms with Crippen LogP contribution >= 0.6 is 11.8 Å². The lowest BCUT2D eigenvalue weighted by Crippen LogP contribution is -2.29. The third kappa shape index (κ3) is 3.95. The Kier molecular flexibility index (Phi) is 5.75. The maximum atomic E-state index is 12.7. The monoisotopic (exact) mass is 384 g/mol. The van der Waals surface area contributed by atoms with Crippen molar-refractivity contribution < 1.29 is 14.3 Å². The molecule has 3 rings (SSSR count). The lowest BCUT2D eigenvalue weighted by molar-refractivity contribution is -0.119. The summed E-state index contributed by atoms with van der Waals surface area (Å²) in [5, 5.41) is 2.77. The molecule has 1 aliphatic heterocycles. The van der Waals surface area contributed by atoms with Crippen molar-refractivity contribution in [3.8, 4) is 5.75 Å². The number of nitrogens with one attached hydrogen (secondary N) is 1.